The van der Waals surface area contributed by atoms with Crippen LogP contribution in [-0.4, -0.2) is 31.3 Å². The van der Waals surface area contributed by atoms with Crippen molar-refractivity contribution in [2.24, 2.45) is 0 Å². The molecule has 0 aliphatic rings. The quantitative estimate of drug-likeness (QED) is 0.439. The highest BCUT2D eigenvalue weighted by atomic mass is 32.2. The van der Waals surface area contributed by atoms with Gasteiger partial charge in [-0.1, -0.05) is 24.8 Å². The topological polar surface area (TPSA) is 103 Å². The molecule has 1 aromatic carbocycles. The number of carbonyl (C=O) groups excluding carboxylic acids is 1. The van der Waals surface area contributed by atoms with Crippen molar-refractivity contribution in [3.63, 3.8) is 0 Å². The molecular formula is C16H21N5O3S. The minimum Gasteiger partial charge on any atom is -0.320 e. The second kappa shape index (κ2) is 8.61. The van der Waals surface area contributed by atoms with Crippen molar-refractivity contribution in [1.29, 1.82) is 0 Å². The molecule has 0 saturated heterocycles. The molecule has 0 aliphatic carbocycles. The van der Waals surface area contributed by atoms with Gasteiger partial charge in [-0.2, -0.15) is 0 Å². The number of anilines is 1. The molecule has 25 heavy (non-hydrogen) atoms. The van der Waals surface area contributed by atoms with Gasteiger partial charge in [-0.15, -0.1) is 10.2 Å². The van der Waals surface area contributed by atoms with Crippen LogP contribution in [0.25, 0.3) is 0 Å². The minimum absolute atomic E-state index is 0.106. The number of carbonyl (C=O) groups is 1. The molecule has 0 aliphatic heterocycles. The molecule has 1 heterocycles. The monoisotopic (exact) mass is 363 g/mol. The Morgan fingerprint density at radius 1 is 1.36 bits per heavy atom. The summed E-state index contributed by atoms with van der Waals surface area (Å²) in [5, 5.41) is 22.7. The Hall–Kier alpha value is -2.42. The third kappa shape index (κ3) is 4.79. The number of hydrogen-bond donors (Lipinski definition) is 1. The average molecular weight is 363 g/mol. The molecule has 0 atom stereocenters. The highest BCUT2D eigenvalue weighted by Gasteiger charge is 2.17. The van der Waals surface area contributed by atoms with E-state index < -0.39 is 4.92 Å². The van der Waals surface area contributed by atoms with Crippen molar-refractivity contribution in [3.05, 3.63) is 39.7 Å². The Bertz CT molecular complexity index is 775. The molecule has 134 valence electrons. The number of thioether (sulfide) groups is 1. The first kappa shape index (κ1) is 18.9. The first-order valence-corrected chi connectivity index (χ1v) is 9.04. The average Bonchev–Trinajstić information content (AvgIpc) is 2.96. The van der Waals surface area contributed by atoms with E-state index in [9.17, 15) is 14.9 Å². The molecule has 0 spiro atoms. The first-order chi connectivity index (χ1) is 12.0. The fourth-order valence-electron chi connectivity index (χ4n) is 2.37. The van der Waals surface area contributed by atoms with Crippen molar-refractivity contribution in [2.75, 3.05) is 11.1 Å². The predicted molar refractivity (Wildman–Crippen MR) is 96.9 cm³/mol. The zero-order chi connectivity index (χ0) is 18.4. The van der Waals surface area contributed by atoms with Crippen LogP contribution in [0, 0.1) is 17.0 Å². The minimum atomic E-state index is -0.500. The van der Waals surface area contributed by atoms with Crippen LogP contribution in [0.4, 0.5) is 11.4 Å². The van der Waals surface area contributed by atoms with Gasteiger partial charge in [0.1, 0.15) is 11.5 Å². The van der Waals surface area contributed by atoms with Gasteiger partial charge in [-0.3, -0.25) is 14.9 Å². The number of nitro groups is 1. The molecule has 0 bridgehead atoms. The summed E-state index contributed by atoms with van der Waals surface area (Å²) in [7, 11) is 0. The van der Waals surface area contributed by atoms with Crippen molar-refractivity contribution in [2.45, 2.75) is 45.3 Å². The molecule has 0 fully saturated rings. The van der Waals surface area contributed by atoms with Gasteiger partial charge in [0.15, 0.2) is 5.16 Å². The number of nitrogens with zero attached hydrogens (tertiary/aromatic N) is 4. The number of nitro benzene ring substituents is 1. The highest BCUT2D eigenvalue weighted by Crippen LogP contribution is 2.26. The van der Waals surface area contributed by atoms with Gasteiger partial charge in [-0.25, -0.2) is 0 Å². The fraction of sp³-hybridized carbons (Fsp3) is 0.438. The summed E-state index contributed by atoms with van der Waals surface area (Å²) in [6.45, 7) is 6.57. The normalized spacial score (nSPS) is 10.7. The maximum absolute atomic E-state index is 12.2. The Morgan fingerprint density at radius 2 is 2.12 bits per heavy atom. The second-order valence-corrected chi connectivity index (χ2v) is 6.45. The summed E-state index contributed by atoms with van der Waals surface area (Å²) in [5.74, 6) is 0.691. The summed E-state index contributed by atoms with van der Waals surface area (Å²) in [5.41, 5.74) is 0.851. The van der Waals surface area contributed by atoms with E-state index in [1.807, 2.05) is 11.5 Å². The molecule has 2 aromatic rings. The van der Waals surface area contributed by atoms with Crippen LogP contribution in [0.3, 0.4) is 0 Å². The van der Waals surface area contributed by atoms with E-state index in [0.717, 1.165) is 30.8 Å². The van der Waals surface area contributed by atoms with Crippen LogP contribution < -0.4 is 5.32 Å². The van der Waals surface area contributed by atoms with Crippen LogP contribution in [0.1, 0.15) is 31.7 Å². The Morgan fingerprint density at radius 3 is 2.76 bits per heavy atom. The number of benzene rings is 1. The highest BCUT2D eigenvalue weighted by molar-refractivity contribution is 7.99. The van der Waals surface area contributed by atoms with E-state index in [2.05, 4.69) is 22.4 Å². The maximum Gasteiger partial charge on any atom is 0.293 e. The van der Waals surface area contributed by atoms with Crippen molar-refractivity contribution in [1.82, 2.24) is 14.8 Å². The Balaban J connectivity index is 2.03. The lowest BCUT2D eigenvalue weighted by atomic mass is 10.2. The third-order valence-corrected chi connectivity index (χ3v) is 4.51. The third-order valence-electron chi connectivity index (χ3n) is 3.54. The summed E-state index contributed by atoms with van der Waals surface area (Å²) in [4.78, 5) is 22.8. The maximum atomic E-state index is 12.2. The van der Waals surface area contributed by atoms with E-state index >= 15 is 0 Å². The van der Waals surface area contributed by atoms with Crippen molar-refractivity contribution >= 4 is 29.0 Å². The molecule has 0 unspecified atom stereocenters. The van der Waals surface area contributed by atoms with Crippen molar-refractivity contribution < 1.29 is 9.72 Å². The smallest absolute Gasteiger partial charge is 0.293 e. The largest absolute Gasteiger partial charge is 0.320 e. The van der Waals surface area contributed by atoms with Crippen LogP contribution in [0.5, 0.6) is 0 Å². The summed E-state index contributed by atoms with van der Waals surface area (Å²) >= 11 is 1.27. The molecule has 0 saturated carbocycles. The predicted octanol–water partition coefficient (Wildman–Crippen LogP) is 3.20. The molecule has 8 nitrogen and oxygen atoms in total. The molecular weight excluding hydrogens is 342 g/mol. The standard InChI is InChI=1S/C16H21N5O3S/c1-4-6-14-18-19-16(20(14)5-2)25-10-15(22)17-12-8-7-11(3)9-13(12)21(23)24/h7-9H,4-6,10H2,1-3H3,(H,17,22). The molecule has 9 heteroatoms. The lowest BCUT2D eigenvalue weighted by Gasteiger charge is -2.08. The van der Waals surface area contributed by atoms with Gasteiger partial charge < -0.3 is 9.88 Å². The van der Waals surface area contributed by atoms with E-state index in [1.54, 1.807) is 19.1 Å². The van der Waals surface area contributed by atoms with Gasteiger partial charge in [0, 0.05) is 19.0 Å². The number of amides is 1. The Kier molecular flexibility index (Phi) is 6.51. The lowest BCUT2D eigenvalue weighted by molar-refractivity contribution is -0.384. The Labute approximate surface area is 150 Å². The van der Waals surface area contributed by atoms with E-state index in [4.69, 9.17) is 0 Å². The van der Waals surface area contributed by atoms with Crippen LogP contribution >= 0.6 is 11.8 Å². The van der Waals surface area contributed by atoms with Gasteiger partial charge in [0.05, 0.1) is 10.7 Å². The van der Waals surface area contributed by atoms with Gasteiger partial charge in [0.25, 0.3) is 5.69 Å². The molecule has 1 amide bonds. The summed E-state index contributed by atoms with van der Waals surface area (Å²) in [6, 6.07) is 4.71. The van der Waals surface area contributed by atoms with Gasteiger partial charge in [-0.05, 0) is 31.9 Å². The molecule has 2 rings (SSSR count). The number of hydrogen-bond acceptors (Lipinski definition) is 6. The SMILES string of the molecule is CCCc1nnc(SCC(=O)Nc2ccc(C)cc2[N+](=O)[O-])n1CC. The van der Waals surface area contributed by atoms with E-state index in [1.165, 1.54) is 17.8 Å². The van der Waals surface area contributed by atoms with Crippen LogP contribution in [0.2, 0.25) is 0 Å². The zero-order valence-electron chi connectivity index (χ0n) is 14.5. The van der Waals surface area contributed by atoms with E-state index in [0.29, 0.717) is 5.16 Å². The van der Waals surface area contributed by atoms with Crippen LogP contribution in [-0.2, 0) is 17.8 Å². The lowest BCUT2D eigenvalue weighted by Crippen LogP contribution is -2.16. The van der Waals surface area contributed by atoms with Gasteiger partial charge in [0.2, 0.25) is 5.91 Å². The molecule has 1 N–H and O–H groups in total. The summed E-state index contributed by atoms with van der Waals surface area (Å²) in [6.07, 6.45) is 1.81. The van der Waals surface area contributed by atoms with Crippen LogP contribution in [0.15, 0.2) is 23.4 Å². The second-order valence-electron chi connectivity index (χ2n) is 5.51. The fourth-order valence-corrected chi connectivity index (χ4v) is 3.19. The number of rotatable bonds is 8. The van der Waals surface area contributed by atoms with Gasteiger partial charge >= 0.3 is 0 Å². The first-order valence-electron chi connectivity index (χ1n) is 8.06. The molecule has 0 radical (unpaired) electrons. The zero-order valence-corrected chi connectivity index (χ0v) is 15.3. The molecule has 1 aromatic heterocycles. The van der Waals surface area contributed by atoms with Crippen molar-refractivity contribution in [3.8, 4) is 0 Å². The van der Waals surface area contributed by atoms with E-state index in [-0.39, 0.29) is 23.0 Å². The number of aryl methyl sites for hydroxylation is 2. The number of aromatic nitrogens is 3. The number of nitrogens with one attached hydrogen (secondary N) is 1. The summed E-state index contributed by atoms with van der Waals surface area (Å²) < 4.78 is 1.98.